The average molecular weight is 405 g/mol. The second kappa shape index (κ2) is 7.52. The highest BCUT2D eigenvalue weighted by atomic mass is 28.4. The molecule has 0 saturated carbocycles. The molecule has 2 heterocycles. The third kappa shape index (κ3) is 3.69. The molecule has 3 rings (SSSR count). The molecule has 1 aromatic carbocycles. The van der Waals surface area contributed by atoms with E-state index >= 15 is 0 Å². The van der Waals surface area contributed by atoms with Crippen LogP contribution < -0.4 is 5.32 Å². The summed E-state index contributed by atoms with van der Waals surface area (Å²) >= 11 is 0. The van der Waals surface area contributed by atoms with Crippen LogP contribution >= 0.6 is 0 Å². The molecule has 0 aliphatic carbocycles. The normalized spacial score (nSPS) is 24.8. The van der Waals surface area contributed by atoms with Crippen LogP contribution in [0, 0.1) is 0 Å². The van der Waals surface area contributed by atoms with Crippen molar-refractivity contribution in [2.75, 3.05) is 13.2 Å². The molecule has 2 fully saturated rings. The molecular weight excluding hydrogens is 372 g/mol. The van der Waals surface area contributed by atoms with Gasteiger partial charge in [-0.15, -0.1) is 0 Å². The number of hydrogen-bond acceptors (Lipinski definition) is 4. The standard InChI is InChI=1S/C21H32N2O4Si/c1-20(2,3)28(4,5)27-15-17-21(18(24)22-17)12-9-13-23(21)19(25)26-14-16-10-7-6-8-11-16/h6-8,10-11,17H,9,12-15H2,1-5H3,(H,22,24)/t17-,21+/m0/s1. The van der Waals surface area contributed by atoms with E-state index in [0.717, 1.165) is 12.0 Å². The van der Waals surface area contributed by atoms with Gasteiger partial charge in [-0.1, -0.05) is 51.1 Å². The molecule has 0 aromatic heterocycles. The van der Waals surface area contributed by atoms with Crippen LogP contribution in [0.25, 0.3) is 0 Å². The zero-order valence-electron chi connectivity index (χ0n) is 17.6. The minimum absolute atomic E-state index is 0.0921. The highest BCUT2D eigenvalue weighted by molar-refractivity contribution is 6.74. The van der Waals surface area contributed by atoms with Gasteiger partial charge in [-0.3, -0.25) is 9.69 Å². The summed E-state index contributed by atoms with van der Waals surface area (Å²) in [5.74, 6) is -0.0921. The molecule has 2 aliphatic rings. The molecule has 2 atom stereocenters. The molecule has 154 valence electrons. The van der Waals surface area contributed by atoms with Crippen LogP contribution in [0.5, 0.6) is 0 Å². The third-order valence-corrected chi connectivity index (χ3v) is 11.0. The Labute approximate surface area is 168 Å². The lowest BCUT2D eigenvalue weighted by atomic mass is 9.79. The minimum atomic E-state index is -1.93. The van der Waals surface area contributed by atoms with Gasteiger partial charge in [0.15, 0.2) is 8.32 Å². The summed E-state index contributed by atoms with van der Waals surface area (Å²) in [6.45, 7) is 12.1. The smallest absolute Gasteiger partial charge is 0.411 e. The fraction of sp³-hybridized carbons (Fsp3) is 0.619. The molecule has 0 bridgehead atoms. The number of carbonyl (C=O) groups is 2. The first kappa shape index (κ1) is 20.9. The maximum Gasteiger partial charge on any atom is 0.411 e. The van der Waals surface area contributed by atoms with Crippen molar-refractivity contribution in [1.29, 1.82) is 0 Å². The Bertz CT molecular complexity index is 732. The molecule has 2 saturated heterocycles. The van der Waals surface area contributed by atoms with E-state index in [0.29, 0.717) is 19.6 Å². The van der Waals surface area contributed by atoms with Crippen molar-refractivity contribution in [3.63, 3.8) is 0 Å². The van der Waals surface area contributed by atoms with Gasteiger partial charge in [0.1, 0.15) is 12.1 Å². The molecule has 1 aromatic rings. The van der Waals surface area contributed by atoms with Crippen LogP contribution in [0.15, 0.2) is 30.3 Å². The van der Waals surface area contributed by atoms with Crippen molar-refractivity contribution < 1.29 is 18.8 Å². The Hall–Kier alpha value is -1.86. The summed E-state index contributed by atoms with van der Waals surface area (Å²) in [6, 6.07) is 9.40. The molecule has 1 spiro atoms. The van der Waals surface area contributed by atoms with Crippen molar-refractivity contribution in [3.05, 3.63) is 35.9 Å². The van der Waals surface area contributed by atoms with E-state index in [1.54, 1.807) is 4.90 Å². The molecule has 0 unspecified atom stereocenters. The number of amides is 2. The molecule has 2 aliphatic heterocycles. The zero-order valence-corrected chi connectivity index (χ0v) is 18.6. The van der Waals surface area contributed by atoms with Crippen LogP contribution in [-0.2, 0) is 20.6 Å². The van der Waals surface area contributed by atoms with Crippen molar-refractivity contribution in [2.24, 2.45) is 0 Å². The fourth-order valence-corrected chi connectivity index (χ4v) is 4.68. The number of hydrogen-bond donors (Lipinski definition) is 1. The van der Waals surface area contributed by atoms with Gasteiger partial charge in [-0.25, -0.2) is 4.79 Å². The molecule has 0 radical (unpaired) electrons. The van der Waals surface area contributed by atoms with Gasteiger partial charge in [0.05, 0.1) is 12.6 Å². The van der Waals surface area contributed by atoms with Crippen molar-refractivity contribution >= 4 is 20.3 Å². The number of benzene rings is 1. The van der Waals surface area contributed by atoms with E-state index in [1.165, 1.54) is 0 Å². The quantitative estimate of drug-likeness (QED) is 0.600. The fourth-order valence-electron chi connectivity index (χ4n) is 3.66. The molecule has 1 N–H and O–H groups in total. The summed E-state index contributed by atoms with van der Waals surface area (Å²) in [5.41, 5.74) is 0.107. The highest BCUT2D eigenvalue weighted by Gasteiger charge is 2.63. The second-order valence-electron chi connectivity index (χ2n) is 9.32. The molecular formula is C21H32N2O4Si. The number of rotatable bonds is 5. The Kier molecular flexibility index (Phi) is 5.60. The lowest BCUT2D eigenvalue weighted by molar-refractivity contribution is -0.147. The van der Waals surface area contributed by atoms with Crippen LogP contribution in [0.3, 0.4) is 0 Å². The van der Waals surface area contributed by atoms with Gasteiger partial charge in [-0.2, -0.15) is 0 Å². The summed E-state index contributed by atoms with van der Waals surface area (Å²) in [5, 5.41) is 3.06. The van der Waals surface area contributed by atoms with E-state index in [9.17, 15) is 9.59 Å². The Morgan fingerprint density at radius 2 is 1.96 bits per heavy atom. The van der Waals surface area contributed by atoms with E-state index in [-0.39, 0.29) is 23.6 Å². The van der Waals surface area contributed by atoms with Gasteiger partial charge in [0, 0.05) is 6.54 Å². The summed E-state index contributed by atoms with van der Waals surface area (Å²) in [4.78, 5) is 27.0. The summed E-state index contributed by atoms with van der Waals surface area (Å²) in [6.07, 6.45) is 1.03. The van der Waals surface area contributed by atoms with Crippen LogP contribution in [0.4, 0.5) is 4.79 Å². The van der Waals surface area contributed by atoms with Gasteiger partial charge in [-0.05, 0) is 36.5 Å². The second-order valence-corrected chi connectivity index (χ2v) is 14.1. The number of nitrogens with zero attached hydrogens (tertiary/aromatic N) is 1. The predicted octanol–water partition coefficient (Wildman–Crippen LogP) is 3.68. The van der Waals surface area contributed by atoms with Crippen LogP contribution in [-0.4, -0.2) is 50.0 Å². The Morgan fingerprint density at radius 1 is 1.29 bits per heavy atom. The third-order valence-electron chi connectivity index (χ3n) is 6.54. The summed E-state index contributed by atoms with van der Waals surface area (Å²) in [7, 11) is -1.93. The number of ether oxygens (including phenoxy) is 1. The number of likely N-dealkylation sites (tertiary alicyclic amines) is 1. The van der Waals surface area contributed by atoms with Gasteiger partial charge in [0.2, 0.25) is 5.91 Å². The molecule has 6 nitrogen and oxygen atoms in total. The first-order chi connectivity index (χ1) is 13.1. The van der Waals surface area contributed by atoms with E-state index in [4.69, 9.17) is 9.16 Å². The van der Waals surface area contributed by atoms with E-state index < -0.39 is 19.9 Å². The first-order valence-corrected chi connectivity index (χ1v) is 12.9. The monoisotopic (exact) mass is 404 g/mol. The average Bonchev–Trinajstić information content (AvgIpc) is 3.11. The van der Waals surface area contributed by atoms with Gasteiger partial charge >= 0.3 is 6.09 Å². The highest BCUT2D eigenvalue weighted by Crippen LogP contribution is 2.41. The van der Waals surface area contributed by atoms with Crippen molar-refractivity contribution in [1.82, 2.24) is 10.2 Å². The number of β-lactam (4-membered cyclic amide) rings is 1. The SMILES string of the molecule is CC(C)(C)[Si](C)(C)OC[C@@H]1NC(=O)[C@@]12CCCN2C(=O)OCc1ccccc1. The van der Waals surface area contributed by atoms with Crippen molar-refractivity contribution in [3.8, 4) is 0 Å². The Balaban J connectivity index is 1.66. The largest absolute Gasteiger partial charge is 0.445 e. The van der Waals surface area contributed by atoms with Crippen LogP contribution in [0.1, 0.15) is 39.2 Å². The lowest BCUT2D eigenvalue weighted by Crippen LogP contribution is -2.79. The molecule has 7 heteroatoms. The summed E-state index contributed by atoms with van der Waals surface area (Å²) < 4.78 is 11.9. The van der Waals surface area contributed by atoms with Crippen LogP contribution in [0.2, 0.25) is 18.1 Å². The number of carbonyl (C=O) groups excluding carboxylic acids is 2. The van der Waals surface area contributed by atoms with Gasteiger partial charge in [0.25, 0.3) is 0 Å². The van der Waals surface area contributed by atoms with E-state index in [2.05, 4.69) is 39.2 Å². The predicted molar refractivity (Wildman–Crippen MR) is 110 cm³/mol. The Morgan fingerprint density at radius 3 is 2.57 bits per heavy atom. The lowest BCUT2D eigenvalue weighted by Gasteiger charge is -2.51. The van der Waals surface area contributed by atoms with Gasteiger partial charge < -0.3 is 14.5 Å². The van der Waals surface area contributed by atoms with Crippen molar-refractivity contribution in [2.45, 2.75) is 69.9 Å². The maximum absolute atomic E-state index is 12.8. The molecule has 28 heavy (non-hydrogen) atoms. The minimum Gasteiger partial charge on any atom is -0.445 e. The zero-order chi connectivity index (χ0) is 20.6. The number of nitrogens with one attached hydrogen (secondary N) is 1. The molecule has 2 amide bonds. The first-order valence-electron chi connectivity index (χ1n) is 10.0. The topological polar surface area (TPSA) is 67.9 Å². The maximum atomic E-state index is 12.8. The van der Waals surface area contributed by atoms with E-state index in [1.807, 2.05) is 30.3 Å².